The van der Waals surface area contributed by atoms with Gasteiger partial charge in [-0.2, -0.15) is 0 Å². The van der Waals surface area contributed by atoms with Crippen molar-refractivity contribution in [1.82, 2.24) is 10.9 Å². The van der Waals surface area contributed by atoms with E-state index < -0.39 is 5.91 Å². The molecular formula is C14H14N2O4. The third-order valence-electron chi connectivity index (χ3n) is 2.73. The summed E-state index contributed by atoms with van der Waals surface area (Å²) >= 11 is 0. The van der Waals surface area contributed by atoms with Crippen LogP contribution in [0.25, 0.3) is 0 Å². The molecule has 0 aromatic heterocycles. The summed E-state index contributed by atoms with van der Waals surface area (Å²) in [6.45, 7) is 0.125. The number of para-hydroxylation sites is 2. The summed E-state index contributed by atoms with van der Waals surface area (Å²) in [5, 5.41) is 28.4. The first kappa shape index (κ1) is 13.7. The first-order valence-electron chi connectivity index (χ1n) is 5.90. The highest BCUT2D eigenvalue weighted by atomic mass is 16.3. The molecule has 104 valence electrons. The van der Waals surface area contributed by atoms with Gasteiger partial charge in [-0.3, -0.25) is 10.2 Å². The first-order valence-corrected chi connectivity index (χ1v) is 5.90. The molecule has 6 nitrogen and oxygen atoms in total. The zero-order valence-electron chi connectivity index (χ0n) is 10.5. The largest absolute Gasteiger partial charge is 0.507 e. The number of benzene rings is 2. The number of hydrogen-bond acceptors (Lipinski definition) is 5. The average Bonchev–Trinajstić information content (AvgIpc) is 2.44. The van der Waals surface area contributed by atoms with Gasteiger partial charge in [-0.15, -0.1) is 0 Å². The van der Waals surface area contributed by atoms with Crippen molar-refractivity contribution in [2.45, 2.75) is 6.54 Å². The Morgan fingerprint density at radius 2 is 1.65 bits per heavy atom. The summed E-state index contributed by atoms with van der Waals surface area (Å²) in [5.74, 6) is -1.08. The highest BCUT2D eigenvalue weighted by Crippen LogP contribution is 2.27. The van der Waals surface area contributed by atoms with Crippen LogP contribution in [0.2, 0.25) is 0 Å². The van der Waals surface area contributed by atoms with Crippen LogP contribution >= 0.6 is 0 Å². The molecule has 0 spiro atoms. The lowest BCUT2D eigenvalue weighted by molar-refractivity contribution is 0.0929. The number of hydrogen-bond donors (Lipinski definition) is 5. The summed E-state index contributed by atoms with van der Waals surface area (Å²) in [4.78, 5) is 11.8. The van der Waals surface area contributed by atoms with Gasteiger partial charge >= 0.3 is 0 Å². The Balaban J connectivity index is 1.95. The lowest BCUT2D eigenvalue weighted by atomic mass is 10.2. The number of phenols is 3. The molecule has 0 aliphatic carbocycles. The molecule has 0 unspecified atom stereocenters. The molecule has 2 aromatic carbocycles. The van der Waals surface area contributed by atoms with Gasteiger partial charge in [0.2, 0.25) is 0 Å². The number of hydrazine groups is 1. The monoisotopic (exact) mass is 274 g/mol. The van der Waals surface area contributed by atoms with Gasteiger partial charge < -0.3 is 15.3 Å². The second-order valence-corrected chi connectivity index (χ2v) is 4.11. The van der Waals surface area contributed by atoms with Crippen LogP contribution in [0.4, 0.5) is 0 Å². The van der Waals surface area contributed by atoms with Crippen LogP contribution in [0.5, 0.6) is 17.2 Å². The number of carbonyl (C=O) groups excluding carboxylic acids is 1. The fourth-order valence-corrected chi connectivity index (χ4v) is 1.67. The number of nitrogens with one attached hydrogen (secondary N) is 2. The normalized spacial score (nSPS) is 10.2. The Hall–Kier alpha value is -2.73. The molecule has 0 radical (unpaired) electrons. The Labute approximate surface area is 115 Å². The van der Waals surface area contributed by atoms with Gasteiger partial charge in [0.1, 0.15) is 5.75 Å². The van der Waals surface area contributed by atoms with Crippen LogP contribution in [0.15, 0.2) is 42.5 Å². The van der Waals surface area contributed by atoms with E-state index in [-0.39, 0.29) is 29.4 Å². The topological polar surface area (TPSA) is 102 Å². The van der Waals surface area contributed by atoms with Crippen LogP contribution in [0.1, 0.15) is 15.9 Å². The van der Waals surface area contributed by atoms with E-state index in [1.807, 2.05) is 0 Å². The summed E-state index contributed by atoms with van der Waals surface area (Å²) in [5.41, 5.74) is 5.58. The number of rotatable bonds is 4. The molecule has 0 bridgehead atoms. The predicted molar refractivity (Wildman–Crippen MR) is 72.2 cm³/mol. The Kier molecular flexibility index (Phi) is 4.07. The predicted octanol–water partition coefficient (Wildman–Crippen LogP) is 1.24. The summed E-state index contributed by atoms with van der Waals surface area (Å²) in [6, 6.07) is 10.7. The SMILES string of the molecule is O=C(NNCc1cccc(O)c1O)c1ccccc1O. The lowest BCUT2D eigenvalue weighted by Gasteiger charge is -2.10. The Bertz CT molecular complexity index is 628. The van der Waals surface area contributed by atoms with Crippen molar-refractivity contribution in [3.63, 3.8) is 0 Å². The Morgan fingerprint density at radius 1 is 0.950 bits per heavy atom. The highest BCUT2D eigenvalue weighted by molar-refractivity contribution is 5.96. The average molecular weight is 274 g/mol. The second kappa shape index (κ2) is 5.94. The molecular weight excluding hydrogens is 260 g/mol. The fourth-order valence-electron chi connectivity index (χ4n) is 1.67. The van der Waals surface area contributed by atoms with Crippen molar-refractivity contribution in [3.05, 3.63) is 53.6 Å². The van der Waals surface area contributed by atoms with E-state index >= 15 is 0 Å². The van der Waals surface area contributed by atoms with Crippen LogP contribution < -0.4 is 10.9 Å². The number of amides is 1. The maximum Gasteiger partial charge on any atom is 0.269 e. The van der Waals surface area contributed by atoms with Gasteiger partial charge in [-0.05, 0) is 18.2 Å². The minimum Gasteiger partial charge on any atom is -0.507 e. The second-order valence-electron chi connectivity index (χ2n) is 4.11. The maximum atomic E-state index is 11.8. The molecule has 5 N–H and O–H groups in total. The molecule has 0 aliphatic heterocycles. The number of phenolic OH excluding ortho intramolecular Hbond substituents is 3. The molecule has 20 heavy (non-hydrogen) atoms. The van der Waals surface area contributed by atoms with Crippen LogP contribution in [0.3, 0.4) is 0 Å². The third kappa shape index (κ3) is 2.99. The summed E-state index contributed by atoms with van der Waals surface area (Å²) in [7, 11) is 0. The van der Waals surface area contributed by atoms with Crippen molar-refractivity contribution < 1.29 is 20.1 Å². The fraction of sp³-hybridized carbons (Fsp3) is 0.0714. The standard InChI is InChI=1S/C14H14N2O4/c17-11-6-2-1-5-10(11)14(20)16-15-8-9-4-3-7-12(18)13(9)19/h1-7,15,17-19H,8H2,(H,16,20). The third-order valence-corrected chi connectivity index (χ3v) is 2.73. The van der Waals surface area contributed by atoms with Crippen molar-refractivity contribution in [1.29, 1.82) is 0 Å². The van der Waals surface area contributed by atoms with Gasteiger partial charge in [-0.25, -0.2) is 5.43 Å². The minimum absolute atomic E-state index is 0.119. The highest BCUT2D eigenvalue weighted by Gasteiger charge is 2.10. The van der Waals surface area contributed by atoms with Crippen LogP contribution in [-0.4, -0.2) is 21.2 Å². The summed E-state index contributed by atoms with van der Waals surface area (Å²) in [6.07, 6.45) is 0. The van der Waals surface area contributed by atoms with Crippen molar-refractivity contribution in [2.24, 2.45) is 0 Å². The van der Waals surface area contributed by atoms with Crippen LogP contribution in [0, 0.1) is 0 Å². The van der Waals surface area contributed by atoms with E-state index in [0.717, 1.165) is 0 Å². The smallest absolute Gasteiger partial charge is 0.269 e. The van der Waals surface area contributed by atoms with Gasteiger partial charge in [0, 0.05) is 12.1 Å². The molecule has 0 aliphatic rings. The quantitative estimate of drug-likeness (QED) is 0.426. The molecule has 0 fully saturated rings. The van der Waals surface area contributed by atoms with Gasteiger partial charge in [0.15, 0.2) is 11.5 Å². The minimum atomic E-state index is -0.497. The van der Waals surface area contributed by atoms with Crippen LogP contribution in [-0.2, 0) is 6.54 Å². The zero-order valence-corrected chi connectivity index (χ0v) is 10.5. The van der Waals surface area contributed by atoms with Crippen molar-refractivity contribution >= 4 is 5.91 Å². The molecule has 2 rings (SSSR count). The zero-order chi connectivity index (χ0) is 14.5. The molecule has 0 saturated heterocycles. The molecule has 1 amide bonds. The van der Waals surface area contributed by atoms with E-state index in [1.54, 1.807) is 24.3 Å². The van der Waals surface area contributed by atoms with E-state index in [4.69, 9.17) is 0 Å². The van der Waals surface area contributed by atoms with Gasteiger partial charge in [0.25, 0.3) is 5.91 Å². The van der Waals surface area contributed by atoms with Crippen molar-refractivity contribution in [2.75, 3.05) is 0 Å². The molecule has 6 heteroatoms. The van der Waals surface area contributed by atoms with Gasteiger partial charge in [-0.1, -0.05) is 24.3 Å². The number of aromatic hydroxyl groups is 3. The van der Waals surface area contributed by atoms with E-state index in [1.165, 1.54) is 18.2 Å². The number of carbonyl (C=O) groups is 1. The van der Waals surface area contributed by atoms with E-state index in [0.29, 0.717) is 5.56 Å². The molecule has 0 saturated carbocycles. The Morgan fingerprint density at radius 3 is 2.40 bits per heavy atom. The maximum absolute atomic E-state index is 11.8. The van der Waals surface area contributed by atoms with Crippen molar-refractivity contribution in [3.8, 4) is 17.2 Å². The van der Waals surface area contributed by atoms with E-state index in [2.05, 4.69) is 10.9 Å². The van der Waals surface area contributed by atoms with Gasteiger partial charge in [0.05, 0.1) is 5.56 Å². The van der Waals surface area contributed by atoms with E-state index in [9.17, 15) is 20.1 Å². The summed E-state index contributed by atoms with van der Waals surface area (Å²) < 4.78 is 0. The first-order chi connectivity index (χ1) is 9.59. The molecule has 2 aromatic rings. The molecule has 0 heterocycles. The lowest BCUT2D eigenvalue weighted by Crippen LogP contribution is -2.36. The molecule has 0 atom stereocenters.